The standard InChI is InChI=1S/2C14H14NO.C12H10N.Ir/c2*1-2-16-11-12-6-8-13(9-7-12)14-5-3-4-10-15-14;1-10-5-7-11(8-6-10)12-4-2-3-9-13-12;/h2*3-8,10H,2,11H2,1H3;2-7,9H,1H3;/q3*-1;+3. The van der Waals surface area contributed by atoms with Crippen LogP contribution in [0.1, 0.15) is 30.5 Å². The minimum Gasteiger partial charge on any atom is -0.386 e. The third-order valence-corrected chi connectivity index (χ3v) is 6.49. The number of aromatic nitrogens is 3. The van der Waals surface area contributed by atoms with E-state index < -0.39 is 0 Å². The van der Waals surface area contributed by atoms with E-state index in [-0.39, 0.29) is 20.1 Å². The van der Waals surface area contributed by atoms with Gasteiger partial charge in [-0.15, -0.1) is 106 Å². The molecule has 0 unspecified atom stereocenters. The normalized spacial score (nSPS) is 9.98. The van der Waals surface area contributed by atoms with E-state index in [9.17, 15) is 0 Å². The Morgan fingerprint density at radius 3 is 1.17 bits per heavy atom. The van der Waals surface area contributed by atoms with Crippen LogP contribution in [0.2, 0.25) is 0 Å². The van der Waals surface area contributed by atoms with Crippen molar-refractivity contribution in [2.24, 2.45) is 0 Å². The molecule has 3 aromatic heterocycles. The number of benzene rings is 3. The van der Waals surface area contributed by atoms with Crippen LogP contribution in [0.4, 0.5) is 0 Å². The summed E-state index contributed by atoms with van der Waals surface area (Å²) in [6.45, 7) is 8.81. The summed E-state index contributed by atoms with van der Waals surface area (Å²) >= 11 is 0. The number of ether oxygens (including phenoxy) is 2. The van der Waals surface area contributed by atoms with Crippen molar-refractivity contribution in [3.05, 3.63) is 163 Å². The number of nitrogens with zero attached hydrogens (tertiary/aromatic N) is 3. The Labute approximate surface area is 287 Å². The fourth-order valence-corrected chi connectivity index (χ4v) is 4.08. The van der Waals surface area contributed by atoms with Crippen LogP contribution in [0.5, 0.6) is 0 Å². The van der Waals surface area contributed by atoms with Crippen LogP contribution >= 0.6 is 0 Å². The first kappa shape index (κ1) is 36.2. The topological polar surface area (TPSA) is 57.1 Å². The van der Waals surface area contributed by atoms with E-state index in [1.54, 1.807) is 18.6 Å². The third kappa shape index (κ3) is 12.2. The molecule has 5 nitrogen and oxygen atoms in total. The van der Waals surface area contributed by atoms with Gasteiger partial charge < -0.3 is 24.4 Å². The zero-order chi connectivity index (χ0) is 31.5. The first-order valence-corrected chi connectivity index (χ1v) is 15.1. The van der Waals surface area contributed by atoms with Crippen molar-refractivity contribution in [2.45, 2.75) is 34.0 Å². The number of pyridine rings is 3. The molecule has 6 aromatic rings. The summed E-state index contributed by atoms with van der Waals surface area (Å²) in [7, 11) is 0. The molecule has 0 aliphatic rings. The Hall–Kier alpha value is -4.32. The summed E-state index contributed by atoms with van der Waals surface area (Å²) < 4.78 is 10.7. The van der Waals surface area contributed by atoms with Crippen LogP contribution < -0.4 is 0 Å². The van der Waals surface area contributed by atoms with Gasteiger partial charge in [0.05, 0.1) is 0 Å². The number of rotatable bonds is 9. The molecule has 0 aliphatic heterocycles. The van der Waals surface area contributed by atoms with E-state index in [1.165, 1.54) is 5.56 Å². The maximum absolute atomic E-state index is 5.33. The summed E-state index contributed by atoms with van der Waals surface area (Å²) in [5.74, 6) is 0. The van der Waals surface area contributed by atoms with Gasteiger partial charge in [0.2, 0.25) is 0 Å². The maximum Gasteiger partial charge on any atom is 3.00 e. The Balaban J connectivity index is 0.000000187. The molecule has 0 N–H and O–H groups in total. The molecule has 0 fully saturated rings. The molecule has 3 heterocycles. The Bertz CT molecular complexity index is 1550. The summed E-state index contributed by atoms with van der Waals surface area (Å²) in [6, 6.07) is 45.4. The van der Waals surface area contributed by atoms with Crippen LogP contribution in [0, 0.1) is 25.1 Å². The summed E-state index contributed by atoms with van der Waals surface area (Å²) in [6.07, 6.45) is 5.37. The average molecular weight is 785 g/mol. The van der Waals surface area contributed by atoms with Crippen LogP contribution in [0.3, 0.4) is 0 Å². The molecular formula is C40H38IrN3O2. The van der Waals surface area contributed by atoms with Gasteiger partial charge in [0.25, 0.3) is 0 Å². The molecule has 0 spiro atoms. The van der Waals surface area contributed by atoms with E-state index in [0.29, 0.717) is 13.2 Å². The molecular weight excluding hydrogens is 747 g/mol. The maximum atomic E-state index is 5.33. The molecule has 0 radical (unpaired) electrons. The van der Waals surface area contributed by atoms with Crippen molar-refractivity contribution in [1.29, 1.82) is 0 Å². The molecule has 0 bridgehead atoms. The van der Waals surface area contributed by atoms with Gasteiger partial charge in [-0.3, -0.25) is 0 Å². The molecule has 46 heavy (non-hydrogen) atoms. The van der Waals surface area contributed by atoms with E-state index in [0.717, 1.165) is 58.1 Å². The van der Waals surface area contributed by atoms with Gasteiger partial charge in [0.15, 0.2) is 0 Å². The second kappa shape index (κ2) is 20.7. The van der Waals surface area contributed by atoms with E-state index in [4.69, 9.17) is 9.47 Å². The van der Waals surface area contributed by atoms with Crippen LogP contribution in [-0.2, 0) is 42.8 Å². The van der Waals surface area contributed by atoms with Gasteiger partial charge in [-0.05, 0) is 49.1 Å². The molecule has 0 aliphatic carbocycles. The molecule has 0 atom stereocenters. The van der Waals surface area contributed by atoms with Crippen LogP contribution in [-0.4, -0.2) is 28.2 Å². The second-order valence-corrected chi connectivity index (χ2v) is 9.92. The fraction of sp³-hybridized carbons (Fsp3) is 0.175. The van der Waals surface area contributed by atoms with Gasteiger partial charge in [0.1, 0.15) is 0 Å². The Morgan fingerprint density at radius 2 is 0.891 bits per heavy atom. The van der Waals surface area contributed by atoms with E-state index >= 15 is 0 Å². The third-order valence-electron chi connectivity index (χ3n) is 6.49. The smallest absolute Gasteiger partial charge is 0.386 e. The van der Waals surface area contributed by atoms with Crippen molar-refractivity contribution in [3.63, 3.8) is 0 Å². The molecule has 234 valence electrons. The Morgan fingerprint density at radius 1 is 0.500 bits per heavy atom. The first-order chi connectivity index (χ1) is 22.2. The summed E-state index contributed by atoms with van der Waals surface area (Å²) in [5.41, 5.74) is 9.45. The quantitative estimate of drug-likeness (QED) is 0.137. The monoisotopic (exact) mass is 785 g/mol. The van der Waals surface area contributed by atoms with Gasteiger partial charge in [-0.1, -0.05) is 43.3 Å². The minimum absolute atomic E-state index is 0. The van der Waals surface area contributed by atoms with Gasteiger partial charge >= 0.3 is 20.1 Å². The van der Waals surface area contributed by atoms with Crippen LogP contribution in [0.15, 0.2) is 128 Å². The molecule has 0 saturated heterocycles. The van der Waals surface area contributed by atoms with E-state index in [1.807, 2.05) is 105 Å². The predicted molar refractivity (Wildman–Crippen MR) is 181 cm³/mol. The van der Waals surface area contributed by atoms with Crippen molar-refractivity contribution >= 4 is 0 Å². The molecule has 0 saturated carbocycles. The van der Waals surface area contributed by atoms with Gasteiger partial charge in [0, 0.05) is 45.0 Å². The number of hydrogen-bond acceptors (Lipinski definition) is 5. The SMILES string of the molecule is CCOCc1c[c-]c(-c2ccccn2)cc1.CCOCc1c[c-]c(-c2ccccn2)cc1.Cc1c[c-]c(-c2ccccn2)cc1.[Ir+3]. The Kier molecular flexibility index (Phi) is 16.2. The largest absolute Gasteiger partial charge is 3.00 e. The van der Waals surface area contributed by atoms with E-state index in [2.05, 4.69) is 58.3 Å². The van der Waals surface area contributed by atoms with Gasteiger partial charge in [-0.25, -0.2) is 0 Å². The van der Waals surface area contributed by atoms with Crippen molar-refractivity contribution in [1.82, 2.24) is 15.0 Å². The first-order valence-electron chi connectivity index (χ1n) is 15.1. The zero-order valence-electron chi connectivity index (χ0n) is 26.4. The number of aryl methyl sites for hydroxylation is 1. The van der Waals surface area contributed by atoms with Crippen molar-refractivity contribution in [3.8, 4) is 33.8 Å². The average Bonchev–Trinajstić information content (AvgIpc) is 3.12. The van der Waals surface area contributed by atoms with Crippen LogP contribution in [0.25, 0.3) is 33.8 Å². The predicted octanol–water partition coefficient (Wildman–Crippen LogP) is 9.03. The second-order valence-electron chi connectivity index (χ2n) is 9.92. The molecule has 0 amide bonds. The zero-order valence-corrected chi connectivity index (χ0v) is 28.8. The van der Waals surface area contributed by atoms with Gasteiger partial charge in [-0.2, -0.15) is 0 Å². The molecule has 6 rings (SSSR count). The fourth-order valence-electron chi connectivity index (χ4n) is 4.08. The molecule has 6 heteroatoms. The van der Waals surface area contributed by atoms with Crippen molar-refractivity contribution in [2.75, 3.05) is 13.2 Å². The minimum atomic E-state index is 0. The number of hydrogen-bond donors (Lipinski definition) is 0. The summed E-state index contributed by atoms with van der Waals surface area (Å²) in [5, 5.41) is 0. The summed E-state index contributed by atoms with van der Waals surface area (Å²) in [4.78, 5) is 12.8. The van der Waals surface area contributed by atoms with Crippen molar-refractivity contribution < 1.29 is 29.6 Å². The molecule has 3 aromatic carbocycles.